The van der Waals surface area contributed by atoms with E-state index in [1.165, 1.54) is 22.2 Å². The van der Waals surface area contributed by atoms with Crippen LogP contribution >= 0.6 is 0 Å². The van der Waals surface area contributed by atoms with E-state index in [9.17, 15) is 0 Å². The van der Waals surface area contributed by atoms with Gasteiger partial charge in [0.25, 0.3) is 0 Å². The maximum absolute atomic E-state index is 6.37. The van der Waals surface area contributed by atoms with E-state index in [1.54, 1.807) is 0 Å². The average molecular weight is 260 g/mol. The predicted molar refractivity (Wildman–Crippen MR) is 84.0 cm³/mol. The molecule has 2 N–H and O–H groups in total. The summed E-state index contributed by atoms with van der Waals surface area (Å²) < 4.78 is 1.87. The third kappa shape index (κ3) is 1.51. The Kier molecular flexibility index (Phi) is 2.43. The van der Waals surface area contributed by atoms with Crippen molar-refractivity contribution < 1.29 is 0 Å². The first kappa shape index (κ1) is 11.4. The molecular weight excluding hydrogens is 244 g/mol. The van der Waals surface area contributed by atoms with Crippen molar-refractivity contribution in [3.8, 4) is 0 Å². The molecule has 0 amide bonds. The molecule has 1 aliphatic rings. The van der Waals surface area contributed by atoms with Crippen molar-refractivity contribution in [3.63, 3.8) is 0 Å². The van der Waals surface area contributed by atoms with Gasteiger partial charge in [-0.3, -0.25) is 4.68 Å². The molecule has 0 bridgehead atoms. The van der Waals surface area contributed by atoms with Crippen molar-refractivity contribution in [3.05, 3.63) is 77.5 Å². The maximum atomic E-state index is 6.37. The van der Waals surface area contributed by atoms with Gasteiger partial charge in [0.2, 0.25) is 0 Å². The Morgan fingerprint density at radius 2 is 1.70 bits per heavy atom. The van der Waals surface area contributed by atoms with Crippen molar-refractivity contribution in [1.29, 1.82) is 0 Å². The largest absolute Gasteiger partial charge is 0.339 e. The lowest BCUT2D eigenvalue weighted by Crippen LogP contribution is -2.17. The van der Waals surface area contributed by atoms with Crippen LogP contribution in [-0.2, 0) is 0 Å². The Morgan fingerprint density at radius 3 is 2.55 bits per heavy atom. The Labute approximate surface area is 118 Å². The van der Waals surface area contributed by atoms with E-state index in [4.69, 9.17) is 5.84 Å². The third-order valence-corrected chi connectivity index (χ3v) is 4.18. The highest BCUT2D eigenvalue weighted by molar-refractivity contribution is 5.92. The standard InChI is InChI=1S/C18H16N2/c19-20-17-12-5-4-9-15(17)16-11-6-10-14(18(16)20)13-7-2-1-3-8-13/h1-9,11-12,14H,10,19H2. The van der Waals surface area contributed by atoms with Crippen LogP contribution in [-0.4, -0.2) is 4.68 Å². The minimum absolute atomic E-state index is 0.341. The minimum Gasteiger partial charge on any atom is -0.339 e. The molecule has 1 aromatic heterocycles. The van der Waals surface area contributed by atoms with Crippen molar-refractivity contribution >= 4 is 17.0 Å². The van der Waals surface area contributed by atoms with Gasteiger partial charge in [-0.15, -0.1) is 0 Å². The Hall–Kier alpha value is -2.48. The summed E-state index contributed by atoms with van der Waals surface area (Å²) in [5.74, 6) is 6.71. The fourth-order valence-corrected chi connectivity index (χ4v) is 3.25. The smallest absolute Gasteiger partial charge is 0.0699 e. The van der Waals surface area contributed by atoms with E-state index in [1.807, 2.05) is 10.7 Å². The number of allylic oxidation sites excluding steroid dienone is 1. The van der Waals surface area contributed by atoms with Crippen LogP contribution in [0.15, 0.2) is 60.7 Å². The minimum atomic E-state index is 0.341. The molecule has 20 heavy (non-hydrogen) atoms. The molecule has 2 aromatic carbocycles. The molecule has 1 heterocycles. The number of benzene rings is 2. The van der Waals surface area contributed by atoms with Gasteiger partial charge in [-0.1, -0.05) is 60.7 Å². The molecular formula is C18H16N2. The lowest BCUT2D eigenvalue weighted by molar-refractivity contribution is 0.751. The van der Waals surface area contributed by atoms with Gasteiger partial charge in [0, 0.05) is 16.9 Å². The van der Waals surface area contributed by atoms with E-state index in [-0.39, 0.29) is 0 Å². The number of fused-ring (bicyclic) bond motifs is 3. The lowest BCUT2D eigenvalue weighted by Gasteiger charge is -2.21. The second-order valence-corrected chi connectivity index (χ2v) is 5.29. The fraction of sp³-hybridized carbons (Fsp3) is 0.111. The Balaban J connectivity index is 2.00. The molecule has 1 atom stereocenters. The van der Waals surface area contributed by atoms with Crippen molar-refractivity contribution in [2.75, 3.05) is 5.84 Å². The van der Waals surface area contributed by atoms with E-state index >= 15 is 0 Å². The molecule has 0 fully saturated rings. The highest BCUT2D eigenvalue weighted by Gasteiger charge is 2.25. The first-order chi connectivity index (χ1) is 9.86. The van der Waals surface area contributed by atoms with Crippen LogP contribution < -0.4 is 5.84 Å². The highest BCUT2D eigenvalue weighted by atomic mass is 15.3. The normalized spacial score (nSPS) is 17.3. The van der Waals surface area contributed by atoms with Crippen LogP contribution in [0.25, 0.3) is 17.0 Å². The monoisotopic (exact) mass is 260 g/mol. The molecule has 1 unspecified atom stereocenters. The summed E-state index contributed by atoms with van der Waals surface area (Å²) >= 11 is 0. The predicted octanol–water partition coefficient (Wildman–Crippen LogP) is 3.90. The zero-order chi connectivity index (χ0) is 13.5. The van der Waals surface area contributed by atoms with Crippen molar-refractivity contribution in [2.45, 2.75) is 12.3 Å². The van der Waals surface area contributed by atoms with E-state index in [2.05, 4.69) is 60.7 Å². The number of para-hydroxylation sites is 1. The van der Waals surface area contributed by atoms with Crippen LogP contribution in [0, 0.1) is 0 Å². The number of hydrogen-bond donors (Lipinski definition) is 1. The summed E-state index contributed by atoms with van der Waals surface area (Å²) in [5.41, 5.74) is 4.92. The molecule has 98 valence electrons. The molecule has 1 aliphatic carbocycles. The zero-order valence-corrected chi connectivity index (χ0v) is 11.2. The second kappa shape index (κ2) is 4.27. The molecule has 0 aliphatic heterocycles. The number of nitrogen functional groups attached to an aromatic ring is 1. The SMILES string of the molecule is Nn1c2c(c3ccccc31)C=CCC2c1ccccc1. The van der Waals surface area contributed by atoms with Crippen molar-refractivity contribution in [1.82, 2.24) is 4.68 Å². The average Bonchev–Trinajstić information content (AvgIpc) is 2.82. The van der Waals surface area contributed by atoms with Gasteiger partial charge < -0.3 is 5.84 Å². The first-order valence-electron chi connectivity index (χ1n) is 6.96. The summed E-state index contributed by atoms with van der Waals surface area (Å²) in [7, 11) is 0. The van der Waals surface area contributed by atoms with Gasteiger partial charge >= 0.3 is 0 Å². The molecule has 0 saturated carbocycles. The molecule has 4 rings (SSSR count). The summed E-state index contributed by atoms with van der Waals surface area (Å²) in [4.78, 5) is 0. The van der Waals surface area contributed by atoms with Gasteiger partial charge in [0.05, 0.1) is 11.2 Å². The van der Waals surface area contributed by atoms with Gasteiger partial charge in [0.15, 0.2) is 0 Å². The van der Waals surface area contributed by atoms with Gasteiger partial charge in [-0.25, -0.2) is 0 Å². The second-order valence-electron chi connectivity index (χ2n) is 5.29. The van der Waals surface area contributed by atoms with Gasteiger partial charge in [-0.2, -0.15) is 0 Å². The number of nitrogens with zero attached hydrogens (tertiary/aromatic N) is 1. The van der Waals surface area contributed by atoms with Crippen LogP contribution in [0.1, 0.15) is 29.2 Å². The van der Waals surface area contributed by atoms with E-state index in [0.717, 1.165) is 11.9 Å². The van der Waals surface area contributed by atoms with E-state index in [0.29, 0.717) is 5.92 Å². The third-order valence-electron chi connectivity index (χ3n) is 4.18. The molecule has 0 saturated heterocycles. The summed E-state index contributed by atoms with van der Waals surface area (Å²) in [6.07, 6.45) is 5.47. The quantitative estimate of drug-likeness (QED) is 0.661. The lowest BCUT2D eigenvalue weighted by atomic mass is 9.86. The summed E-state index contributed by atoms with van der Waals surface area (Å²) in [6.45, 7) is 0. The topological polar surface area (TPSA) is 30.9 Å². The number of aromatic nitrogens is 1. The van der Waals surface area contributed by atoms with Crippen molar-refractivity contribution in [2.24, 2.45) is 0 Å². The number of nitrogens with two attached hydrogens (primary N) is 1. The van der Waals surface area contributed by atoms with Gasteiger partial charge in [-0.05, 0) is 18.1 Å². The highest BCUT2D eigenvalue weighted by Crippen LogP contribution is 2.39. The Bertz CT molecular complexity index is 797. The van der Waals surface area contributed by atoms with Crippen LogP contribution in [0.3, 0.4) is 0 Å². The molecule has 2 heteroatoms. The van der Waals surface area contributed by atoms with Crippen LogP contribution in [0.5, 0.6) is 0 Å². The number of rotatable bonds is 1. The van der Waals surface area contributed by atoms with Crippen LogP contribution in [0.4, 0.5) is 0 Å². The molecule has 2 nitrogen and oxygen atoms in total. The van der Waals surface area contributed by atoms with Crippen LogP contribution in [0.2, 0.25) is 0 Å². The summed E-state index contributed by atoms with van der Waals surface area (Å²) in [5, 5.41) is 1.24. The molecule has 0 radical (unpaired) electrons. The molecule has 0 spiro atoms. The van der Waals surface area contributed by atoms with Gasteiger partial charge in [0.1, 0.15) is 0 Å². The number of hydrogen-bond acceptors (Lipinski definition) is 1. The maximum Gasteiger partial charge on any atom is 0.0699 e. The summed E-state index contributed by atoms with van der Waals surface area (Å²) in [6, 6.07) is 19.0. The zero-order valence-electron chi connectivity index (χ0n) is 11.2. The van der Waals surface area contributed by atoms with E-state index < -0.39 is 0 Å². The molecule has 3 aromatic rings. The Morgan fingerprint density at radius 1 is 0.950 bits per heavy atom. The first-order valence-corrected chi connectivity index (χ1v) is 6.96. The fourth-order valence-electron chi connectivity index (χ4n) is 3.25.